The molecule has 0 aliphatic rings. The summed E-state index contributed by atoms with van der Waals surface area (Å²) in [5.41, 5.74) is 1.39. The fourth-order valence-electron chi connectivity index (χ4n) is 1.59. The lowest BCUT2D eigenvalue weighted by atomic mass is 10.1. The molecule has 2 unspecified atom stereocenters. The highest BCUT2D eigenvalue weighted by Gasteiger charge is 2.13. The molecule has 1 rings (SSSR count). The van der Waals surface area contributed by atoms with Gasteiger partial charge in [0.15, 0.2) is 0 Å². The first-order chi connectivity index (χ1) is 8.04. The second-order valence-corrected chi connectivity index (χ2v) is 5.39. The van der Waals surface area contributed by atoms with Gasteiger partial charge in [0.2, 0.25) is 0 Å². The lowest BCUT2D eigenvalue weighted by Crippen LogP contribution is -2.36. The first-order valence-corrected chi connectivity index (χ1v) is 7.15. The van der Waals surface area contributed by atoms with Gasteiger partial charge in [-0.1, -0.05) is 12.1 Å². The Balaban J connectivity index is 2.72. The summed E-state index contributed by atoms with van der Waals surface area (Å²) in [6.07, 6.45) is 1.63. The topological polar surface area (TPSA) is 58.2 Å². The molecule has 0 heterocycles. The third-order valence-corrected chi connectivity index (χ3v) is 3.27. The average molecular weight is 254 g/mol. The van der Waals surface area contributed by atoms with E-state index in [0.717, 1.165) is 5.69 Å². The minimum atomic E-state index is -0.906. The van der Waals surface area contributed by atoms with Crippen molar-refractivity contribution in [2.24, 2.45) is 0 Å². The van der Waals surface area contributed by atoms with Crippen LogP contribution in [-0.2, 0) is 10.8 Å². The molecule has 0 saturated heterocycles. The molecule has 0 aromatic heterocycles. The lowest BCUT2D eigenvalue weighted by molar-refractivity contribution is 0.0944. The lowest BCUT2D eigenvalue weighted by Gasteiger charge is -2.14. The van der Waals surface area contributed by atoms with Crippen LogP contribution < -0.4 is 10.6 Å². The number of hydrogen-bond donors (Lipinski definition) is 2. The van der Waals surface area contributed by atoms with Crippen molar-refractivity contribution in [1.82, 2.24) is 5.32 Å². The van der Waals surface area contributed by atoms with E-state index in [9.17, 15) is 9.00 Å². The summed E-state index contributed by atoms with van der Waals surface area (Å²) >= 11 is 0. The van der Waals surface area contributed by atoms with Crippen LogP contribution in [0.2, 0.25) is 0 Å². The second kappa shape index (κ2) is 6.39. The summed E-state index contributed by atoms with van der Waals surface area (Å²) in [6.45, 7) is 1.85. The zero-order valence-electron chi connectivity index (χ0n) is 10.3. The number of hydrogen-bond acceptors (Lipinski definition) is 3. The molecule has 17 heavy (non-hydrogen) atoms. The molecular weight excluding hydrogens is 236 g/mol. The van der Waals surface area contributed by atoms with Gasteiger partial charge in [0, 0.05) is 41.6 Å². The van der Waals surface area contributed by atoms with Crippen LogP contribution in [0.5, 0.6) is 0 Å². The number of nitrogens with one attached hydrogen (secondary N) is 2. The summed E-state index contributed by atoms with van der Waals surface area (Å²) in [4.78, 5) is 12.0. The molecule has 1 aromatic rings. The van der Waals surface area contributed by atoms with Crippen molar-refractivity contribution in [3.05, 3.63) is 29.8 Å². The predicted octanol–water partition coefficient (Wildman–Crippen LogP) is 1.23. The van der Waals surface area contributed by atoms with Crippen molar-refractivity contribution in [2.75, 3.05) is 24.4 Å². The Labute approximate surface area is 104 Å². The molecule has 0 fully saturated rings. The Morgan fingerprint density at radius 1 is 1.41 bits per heavy atom. The molecule has 0 radical (unpaired) electrons. The summed E-state index contributed by atoms with van der Waals surface area (Å²) in [5.74, 6) is 0.320. The SMILES string of the molecule is CNc1ccccc1C(=O)NC(C)CS(C)=O. The molecule has 1 amide bonds. The van der Waals surface area contributed by atoms with E-state index >= 15 is 0 Å². The first-order valence-electron chi connectivity index (χ1n) is 5.42. The molecule has 2 N–H and O–H groups in total. The molecule has 0 aliphatic heterocycles. The normalized spacial score (nSPS) is 13.8. The average Bonchev–Trinajstić information content (AvgIpc) is 2.27. The van der Waals surface area contributed by atoms with Gasteiger partial charge in [-0.05, 0) is 19.1 Å². The van der Waals surface area contributed by atoms with Crippen LogP contribution in [0.25, 0.3) is 0 Å². The van der Waals surface area contributed by atoms with Crippen LogP contribution >= 0.6 is 0 Å². The van der Waals surface area contributed by atoms with Crippen molar-refractivity contribution in [2.45, 2.75) is 13.0 Å². The van der Waals surface area contributed by atoms with Gasteiger partial charge in [-0.2, -0.15) is 0 Å². The van der Waals surface area contributed by atoms with Gasteiger partial charge in [0.1, 0.15) is 0 Å². The van der Waals surface area contributed by atoms with Crippen LogP contribution in [0.3, 0.4) is 0 Å². The number of benzene rings is 1. The third kappa shape index (κ3) is 4.19. The Hall–Kier alpha value is -1.36. The van der Waals surface area contributed by atoms with Crippen LogP contribution in [0.4, 0.5) is 5.69 Å². The van der Waals surface area contributed by atoms with Crippen LogP contribution in [-0.4, -0.2) is 35.2 Å². The number of anilines is 1. The van der Waals surface area contributed by atoms with Gasteiger partial charge in [-0.15, -0.1) is 0 Å². The minimum Gasteiger partial charge on any atom is -0.387 e. The molecule has 0 saturated carbocycles. The van der Waals surface area contributed by atoms with E-state index in [0.29, 0.717) is 11.3 Å². The van der Waals surface area contributed by atoms with Crippen LogP contribution in [0.15, 0.2) is 24.3 Å². The molecule has 0 spiro atoms. The molecule has 0 aliphatic carbocycles. The summed E-state index contributed by atoms with van der Waals surface area (Å²) in [5, 5.41) is 5.80. The summed E-state index contributed by atoms with van der Waals surface area (Å²) in [6, 6.07) is 7.19. The van der Waals surface area contributed by atoms with E-state index in [1.807, 2.05) is 25.1 Å². The maximum absolute atomic E-state index is 12.0. The number of carbonyl (C=O) groups excluding carboxylic acids is 1. The van der Waals surface area contributed by atoms with Crippen molar-refractivity contribution < 1.29 is 9.00 Å². The molecule has 2 atom stereocenters. The van der Waals surface area contributed by atoms with Gasteiger partial charge in [-0.25, -0.2) is 0 Å². The Morgan fingerprint density at radius 3 is 2.65 bits per heavy atom. The molecule has 0 bridgehead atoms. The molecular formula is C12H18N2O2S. The smallest absolute Gasteiger partial charge is 0.253 e. The van der Waals surface area contributed by atoms with Crippen LogP contribution in [0, 0.1) is 0 Å². The number of amides is 1. The van der Waals surface area contributed by atoms with Gasteiger partial charge < -0.3 is 10.6 Å². The summed E-state index contributed by atoms with van der Waals surface area (Å²) in [7, 11) is 0.868. The maximum Gasteiger partial charge on any atom is 0.253 e. The van der Waals surface area contributed by atoms with Crippen LogP contribution in [0.1, 0.15) is 17.3 Å². The monoisotopic (exact) mass is 254 g/mol. The third-order valence-electron chi connectivity index (χ3n) is 2.30. The fraction of sp³-hybridized carbons (Fsp3) is 0.417. The van der Waals surface area contributed by atoms with E-state index in [1.165, 1.54) is 0 Å². The van der Waals surface area contributed by atoms with E-state index in [1.54, 1.807) is 19.4 Å². The zero-order valence-corrected chi connectivity index (χ0v) is 11.1. The number of carbonyl (C=O) groups is 1. The Kier molecular flexibility index (Phi) is 5.15. The molecule has 5 heteroatoms. The highest BCUT2D eigenvalue weighted by atomic mass is 32.2. The predicted molar refractivity (Wildman–Crippen MR) is 71.9 cm³/mol. The molecule has 4 nitrogen and oxygen atoms in total. The van der Waals surface area contributed by atoms with Crippen molar-refractivity contribution in [3.63, 3.8) is 0 Å². The van der Waals surface area contributed by atoms with E-state index < -0.39 is 10.8 Å². The van der Waals surface area contributed by atoms with Gasteiger partial charge in [-0.3, -0.25) is 9.00 Å². The van der Waals surface area contributed by atoms with E-state index in [-0.39, 0.29) is 11.9 Å². The van der Waals surface area contributed by atoms with Gasteiger partial charge >= 0.3 is 0 Å². The Bertz CT molecular complexity index is 421. The number of para-hydroxylation sites is 1. The summed E-state index contributed by atoms with van der Waals surface area (Å²) < 4.78 is 11.0. The van der Waals surface area contributed by atoms with Crippen molar-refractivity contribution in [1.29, 1.82) is 0 Å². The minimum absolute atomic E-state index is 0.0988. The highest BCUT2D eigenvalue weighted by molar-refractivity contribution is 7.84. The maximum atomic E-state index is 12.0. The molecule has 94 valence electrons. The van der Waals surface area contributed by atoms with Gasteiger partial charge in [0.05, 0.1) is 5.56 Å². The largest absolute Gasteiger partial charge is 0.387 e. The molecule has 1 aromatic carbocycles. The van der Waals surface area contributed by atoms with E-state index in [4.69, 9.17) is 0 Å². The first kappa shape index (κ1) is 13.7. The zero-order chi connectivity index (χ0) is 12.8. The Morgan fingerprint density at radius 2 is 2.06 bits per heavy atom. The van der Waals surface area contributed by atoms with Crippen molar-refractivity contribution >= 4 is 22.4 Å². The van der Waals surface area contributed by atoms with Crippen molar-refractivity contribution in [3.8, 4) is 0 Å². The second-order valence-electron chi connectivity index (χ2n) is 3.91. The number of rotatable bonds is 5. The van der Waals surface area contributed by atoms with Gasteiger partial charge in [0.25, 0.3) is 5.91 Å². The quantitative estimate of drug-likeness (QED) is 0.831. The fourth-order valence-corrected chi connectivity index (χ4v) is 2.38. The standard InChI is InChI=1S/C12H18N2O2S/c1-9(8-17(3)16)14-12(15)10-6-4-5-7-11(10)13-2/h4-7,9,13H,8H2,1-3H3,(H,14,15). The van der Waals surface area contributed by atoms with E-state index in [2.05, 4.69) is 10.6 Å². The highest BCUT2D eigenvalue weighted by Crippen LogP contribution is 2.13.